The molecular formula is C19H22ClNO. The number of amides is 1. The van der Waals surface area contributed by atoms with Gasteiger partial charge < -0.3 is 4.90 Å². The average molecular weight is 316 g/mol. The SMILES string of the molecule is Cc1ccc(CCC(=O)N(C)Cc2ccc(Cl)cc2)cc1C. The second-order valence-corrected chi connectivity index (χ2v) is 6.23. The van der Waals surface area contributed by atoms with Crippen molar-refractivity contribution in [3.8, 4) is 0 Å². The van der Waals surface area contributed by atoms with E-state index in [4.69, 9.17) is 11.6 Å². The maximum atomic E-state index is 12.2. The van der Waals surface area contributed by atoms with E-state index < -0.39 is 0 Å². The van der Waals surface area contributed by atoms with Gasteiger partial charge in [0.05, 0.1) is 0 Å². The molecule has 116 valence electrons. The van der Waals surface area contributed by atoms with Crippen molar-refractivity contribution in [2.24, 2.45) is 0 Å². The van der Waals surface area contributed by atoms with Gasteiger partial charge in [0.25, 0.3) is 0 Å². The van der Waals surface area contributed by atoms with Crippen LogP contribution in [0.15, 0.2) is 42.5 Å². The van der Waals surface area contributed by atoms with Crippen LogP contribution >= 0.6 is 11.6 Å². The van der Waals surface area contributed by atoms with Crippen LogP contribution in [0.2, 0.25) is 5.02 Å². The van der Waals surface area contributed by atoms with E-state index >= 15 is 0 Å². The van der Waals surface area contributed by atoms with E-state index in [1.54, 1.807) is 4.90 Å². The lowest BCUT2D eigenvalue weighted by molar-refractivity contribution is -0.130. The smallest absolute Gasteiger partial charge is 0.222 e. The Balaban J connectivity index is 1.88. The Morgan fingerprint density at radius 2 is 1.64 bits per heavy atom. The molecule has 2 aromatic rings. The first kappa shape index (κ1) is 16.6. The summed E-state index contributed by atoms with van der Waals surface area (Å²) in [7, 11) is 1.84. The van der Waals surface area contributed by atoms with Crippen molar-refractivity contribution in [2.75, 3.05) is 7.05 Å². The Morgan fingerprint density at radius 3 is 2.27 bits per heavy atom. The maximum absolute atomic E-state index is 12.2. The van der Waals surface area contributed by atoms with Crippen LogP contribution in [0.4, 0.5) is 0 Å². The molecule has 0 heterocycles. The predicted octanol–water partition coefficient (Wildman–Crippen LogP) is 4.55. The molecule has 0 saturated heterocycles. The Bertz CT molecular complexity index is 649. The van der Waals surface area contributed by atoms with Crippen molar-refractivity contribution >= 4 is 17.5 Å². The minimum Gasteiger partial charge on any atom is -0.341 e. The Hall–Kier alpha value is -1.80. The van der Waals surface area contributed by atoms with Crippen LogP contribution in [-0.2, 0) is 17.8 Å². The molecular weight excluding hydrogens is 294 g/mol. The van der Waals surface area contributed by atoms with Gasteiger partial charge in [0.1, 0.15) is 0 Å². The van der Waals surface area contributed by atoms with E-state index in [0.717, 1.165) is 12.0 Å². The molecule has 0 bridgehead atoms. The second kappa shape index (κ2) is 7.46. The molecule has 0 aliphatic heterocycles. The molecule has 2 aromatic carbocycles. The molecule has 3 heteroatoms. The van der Waals surface area contributed by atoms with Crippen LogP contribution in [0.5, 0.6) is 0 Å². The monoisotopic (exact) mass is 315 g/mol. The number of carbonyl (C=O) groups excluding carboxylic acids is 1. The molecule has 0 aromatic heterocycles. The molecule has 1 amide bonds. The van der Waals surface area contributed by atoms with E-state index in [1.807, 2.05) is 31.3 Å². The molecule has 0 saturated carbocycles. The van der Waals surface area contributed by atoms with E-state index in [-0.39, 0.29) is 5.91 Å². The highest BCUT2D eigenvalue weighted by molar-refractivity contribution is 6.30. The quantitative estimate of drug-likeness (QED) is 0.792. The molecule has 0 fully saturated rings. The van der Waals surface area contributed by atoms with Crippen molar-refractivity contribution in [2.45, 2.75) is 33.2 Å². The summed E-state index contributed by atoms with van der Waals surface area (Å²) in [5, 5.41) is 0.715. The number of benzene rings is 2. The van der Waals surface area contributed by atoms with Crippen molar-refractivity contribution in [3.63, 3.8) is 0 Å². The van der Waals surface area contributed by atoms with E-state index in [2.05, 4.69) is 32.0 Å². The maximum Gasteiger partial charge on any atom is 0.222 e. The highest BCUT2D eigenvalue weighted by atomic mass is 35.5. The highest BCUT2D eigenvalue weighted by Gasteiger charge is 2.09. The van der Waals surface area contributed by atoms with Gasteiger partial charge in [-0.05, 0) is 54.7 Å². The molecule has 22 heavy (non-hydrogen) atoms. The van der Waals surface area contributed by atoms with E-state index in [0.29, 0.717) is 18.0 Å². The van der Waals surface area contributed by atoms with E-state index in [1.165, 1.54) is 16.7 Å². The average Bonchev–Trinajstić information content (AvgIpc) is 2.50. The third-order valence-corrected chi connectivity index (χ3v) is 4.21. The number of aryl methyl sites for hydroxylation is 3. The third kappa shape index (κ3) is 4.60. The summed E-state index contributed by atoms with van der Waals surface area (Å²) < 4.78 is 0. The van der Waals surface area contributed by atoms with Crippen LogP contribution < -0.4 is 0 Å². The zero-order valence-corrected chi connectivity index (χ0v) is 14.2. The molecule has 0 unspecified atom stereocenters. The van der Waals surface area contributed by atoms with Gasteiger partial charge in [-0.25, -0.2) is 0 Å². The van der Waals surface area contributed by atoms with Crippen molar-refractivity contribution < 1.29 is 4.79 Å². The van der Waals surface area contributed by atoms with Crippen molar-refractivity contribution in [1.82, 2.24) is 4.90 Å². The third-order valence-electron chi connectivity index (χ3n) is 3.96. The minimum absolute atomic E-state index is 0.160. The van der Waals surface area contributed by atoms with Crippen LogP contribution in [0.1, 0.15) is 28.7 Å². The summed E-state index contributed by atoms with van der Waals surface area (Å²) in [5.41, 5.74) is 4.87. The van der Waals surface area contributed by atoms with Crippen LogP contribution in [0.25, 0.3) is 0 Å². The summed E-state index contributed by atoms with van der Waals surface area (Å²) in [6, 6.07) is 14.0. The van der Waals surface area contributed by atoms with Gasteiger partial charge in [0.2, 0.25) is 5.91 Å². The first-order chi connectivity index (χ1) is 10.5. The first-order valence-corrected chi connectivity index (χ1v) is 7.88. The van der Waals surface area contributed by atoms with E-state index in [9.17, 15) is 4.79 Å². The number of hydrogen-bond donors (Lipinski definition) is 0. The lowest BCUT2D eigenvalue weighted by atomic mass is 10.0. The molecule has 0 radical (unpaired) electrons. The van der Waals surface area contributed by atoms with Crippen molar-refractivity contribution in [3.05, 3.63) is 69.7 Å². The number of rotatable bonds is 5. The molecule has 2 rings (SSSR count). The molecule has 0 aliphatic rings. The summed E-state index contributed by atoms with van der Waals surface area (Å²) in [5.74, 6) is 0.160. The van der Waals surface area contributed by atoms with Crippen molar-refractivity contribution in [1.29, 1.82) is 0 Å². The van der Waals surface area contributed by atoms with Crippen LogP contribution in [0, 0.1) is 13.8 Å². The van der Waals surface area contributed by atoms with Gasteiger partial charge in [0.15, 0.2) is 0 Å². The number of halogens is 1. The molecule has 2 nitrogen and oxygen atoms in total. The van der Waals surface area contributed by atoms with Gasteiger partial charge >= 0.3 is 0 Å². The number of carbonyl (C=O) groups is 1. The summed E-state index contributed by atoms with van der Waals surface area (Å²) >= 11 is 5.87. The Morgan fingerprint density at radius 1 is 1.00 bits per heavy atom. The van der Waals surface area contributed by atoms with Gasteiger partial charge in [-0.15, -0.1) is 0 Å². The topological polar surface area (TPSA) is 20.3 Å². The number of hydrogen-bond acceptors (Lipinski definition) is 1. The largest absolute Gasteiger partial charge is 0.341 e. The summed E-state index contributed by atoms with van der Waals surface area (Å²) in [6.07, 6.45) is 1.32. The fraction of sp³-hybridized carbons (Fsp3) is 0.316. The molecule has 0 aliphatic carbocycles. The zero-order valence-electron chi connectivity index (χ0n) is 13.4. The first-order valence-electron chi connectivity index (χ1n) is 7.50. The molecule has 0 N–H and O–H groups in total. The fourth-order valence-corrected chi connectivity index (χ4v) is 2.48. The summed E-state index contributed by atoms with van der Waals surface area (Å²) in [4.78, 5) is 14.0. The fourth-order valence-electron chi connectivity index (χ4n) is 2.35. The standard InChI is InChI=1S/C19H22ClNO/c1-14-4-5-16(12-15(14)2)8-11-19(22)21(3)13-17-6-9-18(20)10-7-17/h4-7,9-10,12H,8,11,13H2,1-3H3. The van der Waals surface area contributed by atoms with Gasteiger partial charge in [0, 0.05) is 25.0 Å². The lowest BCUT2D eigenvalue weighted by Crippen LogP contribution is -2.26. The normalized spacial score (nSPS) is 10.5. The van der Waals surface area contributed by atoms with Crippen LogP contribution in [-0.4, -0.2) is 17.9 Å². The lowest BCUT2D eigenvalue weighted by Gasteiger charge is -2.17. The predicted molar refractivity (Wildman–Crippen MR) is 92.2 cm³/mol. The Kier molecular flexibility index (Phi) is 5.62. The van der Waals surface area contributed by atoms with Gasteiger partial charge in [-0.1, -0.05) is 41.9 Å². The van der Waals surface area contributed by atoms with Crippen LogP contribution in [0.3, 0.4) is 0 Å². The summed E-state index contributed by atoms with van der Waals surface area (Å²) in [6.45, 7) is 4.82. The highest BCUT2D eigenvalue weighted by Crippen LogP contribution is 2.14. The Labute approximate surface area is 137 Å². The minimum atomic E-state index is 0.160. The second-order valence-electron chi connectivity index (χ2n) is 5.79. The molecule has 0 atom stereocenters. The van der Waals surface area contributed by atoms with Gasteiger partial charge in [-0.2, -0.15) is 0 Å². The van der Waals surface area contributed by atoms with Gasteiger partial charge in [-0.3, -0.25) is 4.79 Å². The zero-order chi connectivity index (χ0) is 16.1. The molecule has 0 spiro atoms. The number of nitrogens with zero attached hydrogens (tertiary/aromatic N) is 1.